The Morgan fingerprint density at radius 1 is 1.32 bits per heavy atom. The van der Waals surface area contributed by atoms with E-state index in [1.165, 1.54) is 0 Å². The van der Waals surface area contributed by atoms with Crippen LogP contribution in [0.1, 0.15) is 32.6 Å². The molecule has 202 valence electrons. The second-order valence-corrected chi connectivity index (χ2v) is 11.2. The number of benzene rings is 1. The molecule has 3 atom stereocenters. The zero-order chi connectivity index (χ0) is 26.0. The van der Waals surface area contributed by atoms with Gasteiger partial charge in [-0.05, 0) is 44.2 Å². The quantitative estimate of drug-likeness (QED) is 0.379. The van der Waals surface area contributed by atoms with Gasteiger partial charge >= 0.3 is 0 Å². The smallest absolute Gasteiger partial charge is 0.237 e. The van der Waals surface area contributed by atoms with Gasteiger partial charge in [0.25, 0.3) is 0 Å². The van der Waals surface area contributed by atoms with Crippen LogP contribution in [0.4, 0.5) is 5.69 Å². The summed E-state index contributed by atoms with van der Waals surface area (Å²) in [4.78, 5) is 29.7. The normalized spacial score (nSPS) is 22.9. The molecule has 2 aliphatic heterocycles. The second kappa shape index (κ2) is 13.9. The maximum absolute atomic E-state index is 13.0. The van der Waals surface area contributed by atoms with Gasteiger partial charge in [0, 0.05) is 57.4 Å². The minimum atomic E-state index is -0.735. The number of amides is 2. The molecular weight excluding hydrogens is 490 g/mol. The molecule has 3 aliphatic rings. The molecule has 3 unspecified atom stereocenters. The largest absolute Gasteiger partial charge is 0.492 e. The van der Waals surface area contributed by atoms with Crippen LogP contribution in [0.2, 0.25) is 0 Å². The second-order valence-electron chi connectivity index (χ2n) is 9.86. The van der Waals surface area contributed by atoms with Crippen molar-refractivity contribution in [1.29, 1.82) is 5.26 Å². The summed E-state index contributed by atoms with van der Waals surface area (Å²) in [7, 11) is 0. The van der Waals surface area contributed by atoms with Gasteiger partial charge in [-0.3, -0.25) is 14.5 Å². The molecule has 10 heteroatoms. The molecule has 0 radical (unpaired) electrons. The lowest BCUT2D eigenvalue weighted by atomic mass is 10.1. The van der Waals surface area contributed by atoms with Crippen molar-refractivity contribution < 1.29 is 19.1 Å². The third-order valence-electron chi connectivity index (χ3n) is 7.09. The van der Waals surface area contributed by atoms with Crippen molar-refractivity contribution >= 4 is 29.3 Å². The number of nitriles is 1. The maximum atomic E-state index is 13.0. The van der Waals surface area contributed by atoms with Crippen molar-refractivity contribution in [2.45, 2.75) is 43.2 Å². The predicted molar refractivity (Wildman–Crippen MR) is 144 cm³/mol. The Bertz CT molecular complexity index is 947. The number of nitrogens with zero attached hydrogens (tertiary/aromatic N) is 3. The number of hydrogen-bond donors (Lipinski definition) is 2. The van der Waals surface area contributed by atoms with Crippen molar-refractivity contribution in [3.63, 3.8) is 0 Å². The Morgan fingerprint density at radius 2 is 2.14 bits per heavy atom. The van der Waals surface area contributed by atoms with Crippen LogP contribution in [0.15, 0.2) is 24.3 Å². The first kappa shape index (κ1) is 27.6. The van der Waals surface area contributed by atoms with Crippen LogP contribution in [-0.4, -0.2) is 91.3 Å². The molecule has 1 saturated carbocycles. The fraction of sp³-hybridized carbons (Fsp3) is 0.667. The van der Waals surface area contributed by atoms with Gasteiger partial charge in [0.15, 0.2) is 0 Å². The topological polar surface area (TPSA) is 107 Å². The van der Waals surface area contributed by atoms with Crippen molar-refractivity contribution in [2.75, 3.05) is 64.4 Å². The van der Waals surface area contributed by atoms with E-state index >= 15 is 0 Å². The van der Waals surface area contributed by atoms with Crippen LogP contribution in [0.3, 0.4) is 0 Å². The van der Waals surface area contributed by atoms with E-state index in [4.69, 9.17) is 9.47 Å². The molecule has 2 N–H and O–H groups in total. The lowest BCUT2D eigenvalue weighted by molar-refractivity contribution is -0.131. The molecule has 1 aliphatic carbocycles. The average Bonchev–Trinajstić information content (AvgIpc) is 3.70. The van der Waals surface area contributed by atoms with E-state index in [0.717, 1.165) is 57.1 Å². The van der Waals surface area contributed by atoms with E-state index in [1.54, 1.807) is 11.8 Å². The number of thioether (sulfide) groups is 1. The predicted octanol–water partition coefficient (Wildman–Crippen LogP) is 2.55. The van der Waals surface area contributed by atoms with Crippen LogP contribution in [-0.2, 0) is 14.3 Å². The molecule has 1 aromatic rings. The third kappa shape index (κ3) is 8.25. The number of carbonyl (C=O) groups excluding carboxylic acids is 2. The van der Waals surface area contributed by atoms with Crippen molar-refractivity contribution in [2.24, 2.45) is 11.8 Å². The fourth-order valence-electron chi connectivity index (χ4n) is 4.65. The van der Waals surface area contributed by atoms with E-state index in [1.807, 2.05) is 36.1 Å². The van der Waals surface area contributed by atoms with Gasteiger partial charge in [0.1, 0.15) is 18.3 Å². The van der Waals surface area contributed by atoms with Crippen molar-refractivity contribution in [3.05, 3.63) is 24.3 Å². The number of rotatable bonds is 14. The van der Waals surface area contributed by atoms with E-state index in [2.05, 4.69) is 21.6 Å². The number of anilines is 1. The van der Waals surface area contributed by atoms with Crippen LogP contribution in [0, 0.1) is 23.2 Å². The van der Waals surface area contributed by atoms with Gasteiger partial charge in [-0.2, -0.15) is 5.26 Å². The van der Waals surface area contributed by atoms with Crippen LogP contribution in [0.25, 0.3) is 0 Å². The molecule has 0 spiro atoms. The monoisotopic (exact) mass is 529 g/mol. The molecule has 0 aromatic heterocycles. The van der Waals surface area contributed by atoms with E-state index < -0.39 is 5.92 Å². The Kier molecular flexibility index (Phi) is 10.3. The zero-order valence-electron chi connectivity index (χ0n) is 21.7. The maximum Gasteiger partial charge on any atom is 0.237 e. The summed E-state index contributed by atoms with van der Waals surface area (Å²) in [6.45, 7) is 8.80. The molecule has 3 fully saturated rings. The summed E-state index contributed by atoms with van der Waals surface area (Å²) in [6.07, 6.45) is 3.33. The minimum Gasteiger partial charge on any atom is -0.492 e. The van der Waals surface area contributed by atoms with Gasteiger partial charge in [0.05, 0.1) is 29.9 Å². The number of ether oxygens (including phenoxy) is 2. The van der Waals surface area contributed by atoms with Gasteiger partial charge in [0.2, 0.25) is 11.8 Å². The lowest BCUT2D eigenvalue weighted by Gasteiger charge is -2.26. The number of carbonyl (C=O) groups is 2. The molecule has 37 heavy (non-hydrogen) atoms. The Balaban J connectivity index is 1.21. The average molecular weight is 530 g/mol. The highest BCUT2D eigenvalue weighted by molar-refractivity contribution is 8.01. The first-order valence-corrected chi connectivity index (χ1v) is 14.4. The first-order chi connectivity index (χ1) is 18.1. The molecular formula is C27H39N5O4S. The Morgan fingerprint density at radius 3 is 2.86 bits per heavy atom. The van der Waals surface area contributed by atoms with Gasteiger partial charge in [-0.1, -0.05) is 6.07 Å². The molecule has 2 amide bonds. The molecule has 4 rings (SSSR count). The first-order valence-electron chi connectivity index (χ1n) is 13.5. The van der Waals surface area contributed by atoms with Crippen LogP contribution in [0.5, 0.6) is 5.75 Å². The van der Waals surface area contributed by atoms with E-state index in [9.17, 15) is 14.9 Å². The van der Waals surface area contributed by atoms with Gasteiger partial charge in [-0.25, -0.2) is 0 Å². The standard InChI is InChI=1S/C27H39N5O4S/c1-2-32-25(16-21(18-28)26(33)30-19-20-6-7-20)37-24(27(32)34)8-9-29-22-4-3-5-23(17-22)36-15-12-31-10-13-35-14-11-31/h3-5,17,20-21,24-25,29H,2,6-16,19H2,1H3,(H,30,33). The summed E-state index contributed by atoms with van der Waals surface area (Å²) in [6, 6.07) is 10.1. The van der Waals surface area contributed by atoms with Crippen molar-refractivity contribution in [3.8, 4) is 11.8 Å². The fourth-order valence-corrected chi connectivity index (χ4v) is 6.24. The molecule has 2 saturated heterocycles. The summed E-state index contributed by atoms with van der Waals surface area (Å²) >= 11 is 1.58. The molecule has 2 heterocycles. The SMILES string of the molecule is CCN1C(=O)C(CCNc2cccc(OCCN3CCOCC3)c2)SC1CC(C#N)C(=O)NCC1CC1. The minimum absolute atomic E-state index is 0.0922. The molecule has 0 bridgehead atoms. The van der Waals surface area contributed by atoms with E-state index in [0.29, 0.717) is 45.0 Å². The number of hydrogen-bond acceptors (Lipinski definition) is 8. The highest BCUT2D eigenvalue weighted by Gasteiger charge is 2.41. The zero-order valence-corrected chi connectivity index (χ0v) is 22.5. The highest BCUT2D eigenvalue weighted by atomic mass is 32.2. The molecule has 1 aromatic carbocycles. The van der Waals surface area contributed by atoms with Crippen molar-refractivity contribution in [1.82, 2.24) is 15.1 Å². The van der Waals surface area contributed by atoms with E-state index in [-0.39, 0.29) is 22.4 Å². The molecule has 9 nitrogen and oxygen atoms in total. The number of morpholine rings is 1. The highest BCUT2D eigenvalue weighted by Crippen LogP contribution is 2.37. The van der Waals surface area contributed by atoms with Gasteiger partial charge < -0.3 is 25.0 Å². The third-order valence-corrected chi connectivity index (χ3v) is 8.62. The summed E-state index contributed by atoms with van der Waals surface area (Å²) in [5.74, 6) is 0.535. The van der Waals surface area contributed by atoms with Crippen LogP contribution < -0.4 is 15.4 Å². The summed E-state index contributed by atoms with van der Waals surface area (Å²) in [5.41, 5.74) is 0.958. The summed E-state index contributed by atoms with van der Waals surface area (Å²) < 4.78 is 11.3. The Hall–Kier alpha value is -2.48. The lowest BCUT2D eigenvalue weighted by Crippen LogP contribution is -2.38. The number of nitrogens with one attached hydrogen (secondary N) is 2. The van der Waals surface area contributed by atoms with Gasteiger partial charge in [-0.15, -0.1) is 11.8 Å². The Labute approximate surface area is 224 Å². The summed E-state index contributed by atoms with van der Waals surface area (Å²) in [5, 5.41) is 15.6. The van der Waals surface area contributed by atoms with Crippen LogP contribution >= 0.6 is 11.8 Å².